The average molecular weight is 386 g/mol. The molecule has 0 saturated carbocycles. The Balaban J connectivity index is 1.66. The van der Waals surface area contributed by atoms with Crippen LogP contribution >= 0.6 is 12.2 Å². The van der Waals surface area contributed by atoms with E-state index in [-0.39, 0.29) is 11.6 Å². The molecular weight excluding hydrogens is 368 g/mol. The van der Waals surface area contributed by atoms with Crippen LogP contribution in [0.5, 0.6) is 0 Å². The van der Waals surface area contributed by atoms with E-state index >= 15 is 0 Å². The number of benzene rings is 3. The highest BCUT2D eigenvalue weighted by atomic mass is 32.1. The van der Waals surface area contributed by atoms with Gasteiger partial charge in [0.2, 0.25) is 0 Å². The highest BCUT2D eigenvalue weighted by molar-refractivity contribution is 7.80. The summed E-state index contributed by atoms with van der Waals surface area (Å²) in [6, 6.07) is 20.0. The molecule has 0 aliphatic heterocycles. The molecule has 3 aromatic carbocycles. The largest absolute Gasteiger partial charge is 0.332 e. The Morgan fingerprint density at radius 3 is 2.07 bits per heavy atom. The summed E-state index contributed by atoms with van der Waals surface area (Å²) in [5, 5.41) is 6.65. The minimum absolute atomic E-state index is 0.149. The van der Waals surface area contributed by atoms with Crippen molar-refractivity contribution in [3.63, 3.8) is 0 Å². The second-order valence-electron chi connectivity index (χ2n) is 6.52. The summed E-state index contributed by atoms with van der Waals surface area (Å²) in [7, 11) is 0. The molecule has 0 spiro atoms. The summed E-state index contributed by atoms with van der Waals surface area (Å²) >= 11 is 5.46. The van der Waals surface area contributed by atoms with Gasteiger partial charge in [-0.25, -0.2) is 0 Å². The van der Waals surface area contributed by atoms with Crippen LogP contribution in [0.4, 0.5) is 11.4 Å². The fourth-order valence-corrected chi connectivity index (χ4v) is 3.70. The first-order chi connectivity index (χ1) is 13.6. The van der Waals surface area contributed by atoms with Crippen LogP contribution in [-0.4, -0.2) is 16.7 Å². The van der Waals surface area contributed by atoms with Gasteiger partial charge in [0.25, 0.3) is 0 Å². The Hall–Kier alpha value is -3.31. The molecule has 4 nitrogen and oxygen atoms in total. The normalized spacial score (nSPS) is 12.2. The van der Waals surface area contributed by atoms with Gasteiger partial charge in [0, 0.05) is 22.4 Å². The fraction of sp³-hybridized carbons (Fsp3) is 0.0870. The number of aryl methyl sites for hydroxylation is 1. The van der Waals surface area contributed by atoms with Crippen molar-refractivity contribution in [2.75, 3.05) is 10.6 Å². The van der Waals surface area contributed by atoms with Gasteiger partial charge >= 0.3 is 0 Å². The van der Waals surface area contributed by atoms with E-state index in [0.717, 1.165) is 17.7 Å². The predicted octanol–water partition coefficient (Wildman–Crippen LogP) is 4.83. The van der Waals surface area contributed by atoms with Crippen molar-refractivity contribution < 1.29 is 9.59 Å². The minimum atomic E-state index is -0.176. The highest BCUT2D eigenvalue weighted by Gasteiger charge is 2.31. The SMILES string of the molecule is CCc1ccccc1NC(=S)Nc1cccc2c1C(=O)c1ccccc1C2=O. The van der Waals surface area contributed by atoms with E-state index in [1.165, 1.54) is 0 Å². The van der Waals surface area contributed by atoms with E-state index in [1.807, 2.05) is 24.3 Å². The van der Waals surface area contributed by atoms with E-state index in [2.05, 4.69) is 17.6 Å². The molecule has 4 rings (SSSR count). The molecule has 28 heavy (non-hydrogen) atoms. The molecule has 0 unspecified atom stereocenters. The Kier molecular flexibility index (Phi) is 4.75. The first kappa shape index (κ1) is 18.1. The monoisotopic (exact) mass is 386 g/mol. The van der Waals surface area contributed by atoms with Crippen molar-refractivity contribution in [1.29, 1.82) is 0 Å². The number of para-hydroxylation sites is 1. The molecule has 138 valence electrons. The maximum absolute atomic E-state index is 13.1. The quantitative estimate of drug-likeness (QED) is 0.494. The zero-order valence-corrected chi connectivity index (χ0v) is 16.1. The molecule has 0 saturated heterocycles. The second kappa shape index (κ2) is 7.37. The number of anilines is 2. The first-order valence-electron chi connectivity index (χ1n) is 9.07. The summed E-state index contributed by atoms with van der Waals surface area (Å²) in [6.45, 7) is 2.08. The summed E-state index contributed by atoms with van der Waals surface area (Å²) in [5.74, 6) is -0.325. The van der Waals surface area contributed by atoms with E-state index < -0.39 is 0 Å². The lowest BCUT2D eigenvalue weighted by Gasteiger charge is -2.21. The third-order valence-corrected chi connectivity index (χ3v) is 5.05. The van der Waals surface area contributed by atoms with Gasteiger partial charge in [-0.15, -0.1) is 0 Å². The molecular formula is C23H18N2O2S. The number of ketones is 2. The minimum Gasteiger partial charge on any atom is -0.332 e. The molecule has 0 radical (unpaired) electrons. The zero-order valence-electron chi connectivity index (χ0n) is 15.3. The van der Waals surface area contributed by atoms with Crippen LogP contribution in [0.1, 0.15) is 44.3 Å². The van der Waals surface area contributed by atoms with Crippen molar-refractivity contribution >= 4 is 40.3 Å². The van der Waals surface area contributed by atoms with Crippen molar-refractivity contribution in [3.8, 4) is 0 Å². The third kappa shape index (κ3) is 3.10. The summed E-state index contributed by atoms with van der Waals surface area (Å²) in [6.07, 6.45) is 0.871. The lowest BCUT2D eigenvalue weighted by molar-refractivity contribution is 0.0979. The second-order valence-corrected chi connectivity index (χ2v) is 6.93. The van der Waals surface area contributed by atoms with Gasteiger partial charge in [-0.1, -0.05) is 61.5 Å². The Morgan fingerprint density at radius 1 is 0.750 bits per heavy atom. The molecule has 0 fully saturated rings. The van der Waals surface area contributed by atoms with Gasteiger partial charge in [-0.3, -0.25) is 9.59 Å². The first-order valence-corrected chi connectivity index (χ1v) is 9.48. The molecule has 3 aromatic rings. The standard InChI is InChI=1S/C23H18N2O2S/c1-2-14-8-3-6-12-18(14)24-23(28)25-19-13-7-11-17-20(19)22(27)16-10-5-4-9-15(16)21(17)26/h3-13H,2H2,1H3,(H2,24,25,28). The maximum Gasteiger partial charge on any atom is 0.196 e. The summed E-state index contributed by atoms with van der Waals surface area (Å²) in [4.78, 5) is 25.9. The summed E-state index contributed by atoms with van der Waals surface area (Å²) < 4.78 is 0. The third-order valence-electron chi connectivity index (χ3n) is 4.85. The van der Waals surface area contributed by atoms with E-state index in [1.54, 1.807) is 42.5 Å². The Bertz CT molecular complexity index is 1120. The zero-order chi connectivity index (χ0) is 19.7. The number of thiocarbonyl (C=S) groups is 1. The lowest BCUT2D eigenvalue weighted by atomic mass is 9.83. The number of hydrogen-bond donors (Lipinski definition) is 2. The van der Waals surface area contributed by atoms with Crippen molar-refractivity contribution in [3.05, 3.63) is 94.5 Å². The number of fused-ring (bicyclic) bond motifs is 2. The summed E-state index contributed by atoms with van der Waals surface area (Å²) in [5.41, 5.74) is 4.20. The van der Waals surface area contributed by atoms with Gasteiger partial charge in [-0.2, -0.15) is 0 Å². The van der Waals surface area contributed by atoms with Crippen molar-refractivity contribution in [2.45, 2.75) is 13.3 Å². The van der Waals surface area contributed by atoms with Crippen LogP contribution in [-0.2, 0) is 6.42 Å². The molecule has 5 heteroatoms. The topological polar surface area (TPSA) is 58.2 Å². The number of carbonyl (C=O) groups excluding carboxylic acids is 2. The molecule has 0 bridgehead atoms. The molecule has 0 heterocycles. The van der Waals surface area contributed by atoms with Gasteiger partial charge in [0.1, 0.15) is 0 Å². The van der Waals surface area contributed by atoms with Crippen LogP contribution in [0.25, 0.3) is 0 Å². The van der Waals surface area contributed by atoms with Gasteiger partial charge in [0.15, 0.2) is 16.7 Å². The van der Waals surface area contributed by atoms with E-state index in [9.17, 15) is 9.59 Å². The Labute approximate surface area is 168 Å². The molecule has 1 aliphatic carbocycles. The number of hydrogen-bond acceptors (Lipinski definition) is 3. The average Bonchev–Trinajstić information content (AvgIpc) is 2.72. The van der Waals surface area contributed by atoms with Crippen LogP contribution in [0, 0.1) is 0 Å². The van der Waals surface area contributed by atoms with E-state index in [0.29, 0.717) is 33.1 Å². The predicted molar refractivity (Wildman–Crippen MR) is 115 cm³/mol. The highest BCUT2D eigenvalue weighted by Crippen LogP contribution is 2.32. The number of carbonyl (C=O) groups is 2. The van der Waals surface area contributed by atoms with Crippen LogP contribution < -0.4 is 10.6 Å². The van der Waals surface area contributed by atoms with Gasteiger partial charge < -0.3 is 10.6 Å². The molecule has 0 amide bonds. The number of nitrogens with one attached hydrogen (secondary N) is 2. The lowest BCUT2D eigenvalue weighted by Crippen LogP contribution is -2.25. The van der Waals surface area contributed by atoms with Gasteiger partial charge in [-0.05, 0) is 36.3 Å². The van der Waals surface area contributed by atoms with Crippen LogP contribution in [0.3, 0.4) is 0 Å². The number of rotatable bonds is 3. The van der Waals surface area contributed by atoms with Crippen molar-refractivity contribution in [2.24, 2.45) is 0 Å². The molecule has 2 N–H and O–H groups in total. The molecule has 0 atom stereocenters. The Morgan fingerprint density at radius 2 is 1.32 bits per heavy atom. The van der Waals surface area contributed by atoms with Gasteiger partial charge in [0.05, 0.1) is 11.3 Å². The van der Waals surface area contributed by atoms with Crippen LogP contribution in [0.15, 0.2) is 66.7 Å². The van der Waals surface area contributed by atoms with Crippen molar-refractivity contribution in [1.82, 2.24) is 0 Å². The molecule has 0 aromatic heterocycles. The molecule has 1 aliphatic rings. The maximum atomic E-state index is 13.1. The fourth-order valence-electron chi connectivity index (χ4n) is 3.48. The smallest absolute Gasteiger partial charge is 0.196 e. The van der Waals surface area contributed by atoms with E-state index in [4.69, 9.17) is 12.2 Å². The van der Waals surface area contributed by atoms with Crippen LogP contribution in [0.2, 0.25) is 0 Å².